The van der Waals surface area contributed by atoms with Crippen LogP contribution in [-0.4, -0.2) is 35.7 Å². The predicted molar refractivity (Wildman–Crippen MR) is 129 cm³/mol. The van der Waals surface area contributed by atoms with E-state index in [0.29, 0.717) is 12.6 Å². The average Bonchev–Trinajstić information content (AvgIpc) is 2.86. The van der Waals surface area contributed by atoms with Gasteiger partial charge in [-0.25, -0.2) is 4.99 Å². The molecule has 0 atom stereocenters. The molecule has 0 aromatic heterocycles. The highest BCUT2D eigenvalue weighted by atomic mass is 16.5. The molecule has 3 N–H and O–H groups in total. The lowest BCUT2D eigenvalue weighted by molar-refractivity contribution is -0.00664. The first-order chi connectivity index (χ1) is 15.6. The SMILES string of the molecule is CCOc1ccc(N=C(N)N2CCC(C(O)(c3ccccc3)c3ccccc3)CC2)cc1. The first kappa shape index (κ1) is 21.9. The third-order valence-electron chi connectivity index (χ3n) is 6.23. The second-order valence-corrected chi connectivity index (χ2v) is 8.16. The zero-order chi connectivity index (χ0) is 22.4. The van der Waals surface area contributed by atoms with Gasteiger partial charge in [-0.2, -0.15) is 0 Å². The third kappa shape index (κ3) is 4.63. The van der Waals surface area contributed by atoms with E-state index < -0.39 is 5.60 Å². The maximum atomic E-state index is 12.0. The summed E-state index contributed by atoms with van der Waals surface area (Å²) < 4.78 is 5.48. The van der Waals surface area contributed by atoms with Gasteiger partial charge in [0.15, 0.2) is 5.96 Å². The van der Waals surface area contributed by atoms with Gasteiger partial charge in [-0.15, -0.1) is 0 Å². The monoisotopic (exact) mass is 429 g/mol. The Balaban J connectivity index is 1.50. The fourth-order valence-corrected chi connectivity index (χ4v) is 4.54. The zero-order valence-corrected chi connectivity index (χ0v) is 18.5. The van der Waals surface area contributed by atoms with E-state index in [0.717, 1.165) is 48.5 Å². The summed E-state index contributed by atoms with van der Waals surface area (Å²) in [4.78, 5) is 6.69. The average molecular weight is 430 g/mol. The maximum absolute atomic E-state index is 12.0. The van der Waals surface area contributed by atoms with Crippen molar-refractivity contribution in [2.75, 3.05) is 19.7 Å². The molecule has 0 amide bonds. The van der Waals surface area contributed by atoms with Crippen molar-refractivity contribution in [2.24, 2.45) is 16.6 Å². The van der Waals surface area contributed by atoms with E-state index in [1.165, 1.54) is 0 Å². The number of aliphatic imine (C=N–C) groups is 1. The van der Waals surface area contributed by atoms with Crippen LogP contribution in [0.15, 0.2) is 89.9 Å². The van der Waals surface area contributed by atoms with Gasteiger partial charge < -0.3 is 20.5 Å². The van der Waals surface area contributed by atoms with Crippen LogP contribution < -0.4 is 10.5 Å². The molecule has 0 spiro atoms. The maximum Gasteiger partial charge on any atom is 0.196 e. The van der Waals surface area contributed by atoms with Crippen LogP contribution in [0.4, 0.5) is 5.69 Å². The number of hydrogen-bond acceptors (Lipinski definition) is 3. The molecule has 1 aliphatic heterocycles. The molecule has 32 heavy (non-hydrogen) atoms. The highest BCUT2D eigenvalue weighted by molar-refractivity contribution is 5.81. The van der Waals surface area contributed by atoms with E-state index in [4.69, 9.17) is 10.5 Å². The third-order valence-corrected chi connectivity index (χ3v) is 6.23. The van der Waals surface area contributed by atoms with E-state index >= 15 is 0 Å². The van der Waals surface area contributed by atoms with Crippen molar-refractivity contribution < 1.29 is 9.84 Å². The van der Waals surface area contributed by atoms with Crippen LogP contribution in [0.25, 0.3) is 0 Å². The molecule has 0 aliphatic carbocycles. The number of rotatable bonds is 6. The van der Waals surface area contributed by atoms with Crippen molar-refractivity contribution in [1.29, 1.82) is 0 Å². The number of benzene rings is 3. The van der Waals surface area contributed by atoms with Gasteiger partial charge in [-0.05, 0) is 61.1 Å². The Morgan fingerprint density at radius 3 is 1.97 bits per heavy atom. The van der Waals surface area contributed by atoms with Gasteiger partial charge in [-0.1, -0.05) is 60.7 Å². The van der Waals surface area contributed by atoms with Crippen molar-refractivity contribution >= 4 is 11.6 Å². The number of guanidine groups is 1. The summed E-state index contributed by atoms with van der Waals surface area (Å²) in [5, 5.41) is 12.0. The molecular weight excluding hydrogens is 398 g/mol. The summed E-state index contributed by atoms with van der Waals surface area (Å²) in [6, 6.07) is 27.6. The van der Waals surface area contributed by atoms with Gasteiger partial charge in [0.1, 0.15) is 11.4 Å². The smallest absolute Gasteiger partial charge is 0.196 e. The topological polar surface area (TPSA) is 71.1 Å². The molecule has 0 bridgehead atoms. The Labute approximate surface area is 190 Å². The van der Waals surface area contributed by atoms with E-state index in [2.05, 4.69) is 9.89 Å². The van der Waals surface area contributed by atoms with Crippen molar-refractivity contribution in [3.63, 3.8) is 0 Å². The van der Waals surface area contributed by atoms with Gasteiger partial charge in [0.25, 0.3) is 0 Å². The number of ether oxygens (including phenoxy) is 1. The standard InChI is InChI=1S/C27H31N3O2/c1-2-32-25-15-13-24(14-16-25)29-26(28)30-19-17-23(18-20-30)27(31,21-9-5-3-6-10-21)22-11-7-4-8-12-22/h3-16,23,31H,2,17-20H2,1H3,(H2,28,29). The molecule has 0 radical (unpaired) electrons. The quantitative estimate of drug-likeness (QED) is 0.441. The number of piperidine rings is 1. The Morgan fingerprint density at radius 1 is 0.938 bits per heavy atom. The first-order valence-electron chi connectivity index (χ1n) is 11.3. The summed E-state index contributed by atoms with van der Waals surface area (Å²) in [6.45, 7) is 4.10. The van der Waals surface area contributed by atoms with Crippen LogP contribution in [0.1, 0.15) is 30.9 Å². The van der Waals surface area contributed by atoms with Crippen LogP contribution in [0.5, 0.6) is 5.75 Å². The fraction of sp³-hybridized carbons (Fsp3) is 0.296. The molecule has 1 saturated heterocycles. The van der Waals surface area contributed by atoms with Crippen LogP contribution in [-0.2, 0) is 5.60 Å². The van der Waals surface area contributed by atoms with Gasteiger partial charge in [-0.3, -0.25) is 0 Å². The minimum Gasteiger partial charge on any atom is -0.494 e. The molecule has 5 nitrogen and oxygen atoms in total. The largest absolute Gasteiger partial charge is 0.494 e. The van der Waals surface area contributed by atoms with E-state index in [1.54, 1.807) is 0 Å². The Bertz CT molecular complexity index is 972. The molecule has 1 aliphatic rings. The first-order valence-corrected chi connectivity index (χ1v) is 11.3. The van der Waals surface area contributed by atoms with Gasteiger partial charge >= 0.3 is 0 Å². The lowest BCUT2D eigenvalue weighted by atomic mass is 9.72. The molecule has 4 rings (SSSR count). The highest BCUT2D eigenvalue weighted by Gasteiger charge is 2.41. The normalized spacial score (nSPS) is 15.6. The van der Waals surface area contributed by atoms with Crippen molar-refractivity contribution in [2.45, 2.75) is 25.4 Å². The summed E-state index contributed by atoms with van der Waals surface area (Å²) in [6.07, 6.45) is 1.64. The second-order valence-electron chi connectivity index (χ2n) is 8.16. The molecule has 166 valence electrons. The van der Waals surface area contributed by atoms with Crippen LogP contribution in [0.3, 0.4) is 0 Å². The number of likely N-dealkylation sites (tertiary alicyclic amines) is 1. The highest BCUT2D eigenvalue weighted by Crippen LogP contribution is 2.41. The molecule has 3 aromatic rings. The fourth-order valence-electron chi connectivity index (χ4n) is 4.54. The summed E-state index contributed by atoms with van der Waals surface area (Å²) >= 11 is 0. The zero-order valence-electron chi connectivity index (χ0n) is 18.5. The second kappa shape index (κ2) is 9.88. The number of nitrogens with zero attached hydrogens (tertiary/aromatic N) is 2. The Hall–Kier alpha value is -3.31. The minimum absolute atomic E-state index is 0.0850. The molecule has 3 aromatic carbocycles. The lowest BCUT2D eigenvalue weighted by Gasteiger charge is -2.42. The lowest BCUT2D eigenvalue weighted by Crippen LogP contribution is -2.48. The molecule has 5 heteroatoms. The minimum atomic E-state index is -1.03. The van der Waals surface area contributed by atoms with Gasteiger partial charge in [0.05, 0.1) is 12.3 Å². The molecular formula is C27H31N3O2. The summed E-state index contributed by atoms with van der Waals surface area (Å²) in [7, 11) is 0. The molecule has 1 heterocycles. The predicted octanol–water partition coefficient (Wildman–Crippen LogP) is 4.68. The van der Waals surface area contributed by atoms with E-state index in [-0.39, 0.29) is 5.92 Å². The summed E-state index contributed by atoms with van der Waals surface area (Å²) in [5.74, 6) is 1.42. The molecule has 0 unspecified atom stereocenters. The van der Waals surface area contributed by atoms with Crippen molar-refractivity contribution in [3.8, 4) is 5.75 Å². The van der Waals surface area contributed by atoms with E-state index in [9.17, 15) is 5.11 Å². The Kier molecular flexibility index (Phi) is 6.76. The van der Waals surface area contributed by atoms with Crippen molar-refractivity contribution in [1.82, 2.24) is 4.90 Å². The summed E-state index contributed by atoms with van der Waals surface area (Å²) in [5.41, 5.74) is 7.97. The van der Waals surface area contributed by atoms with Crippen LogP contribution in [0.2, 0.25) is 0 Å². The van der Waals surface area contributed by atoms with Gasteiger partial charge in [0, 0.05) is 13.1 Å². The number of aliphatic hydroxyl groups is 1. The van der Waals surface area contributed by atoms with Crippen LogP contribution in [0, 0.1) is 5.92 Å². The molecule has 1 fully saturated rings. The Morgan fingerprint density at radius 2 is 1.47 bits per heavy atom. The van der Waals surface area contributed by atoms with Gasteiger partial charge in [0.2, 0.25) is 0 Å². The van der Waals surface area contributed by atoms with Crippen LogP contribution >= 0.6 is 0 Å². The van der Waals surface area contributed by atoms with Crippen molar-refractivity contribution in [3.05, 3.63) is 96.1 Å². The number of nitrogens with two attached hydrogens (primary N) is 1. The number of hydrogen-bond donors (Lipinski definition) is 2. The molecule has 0 saturated carbocycles. The van der Waals surface area contributed by atoms with E-state index in [1.807, 2.05) is 91.9 Å².